The van der Waals surface area contributed by atoms with Gasteiger partial charge in [0.1, 0.15) is 31.0 Å². The Morgan fingerprint density at radius 2 is 1.61 bits per heavy atom. The van der Waals surface area contributed by atoms with E-state index >= 15 is 0 Å². The number of nitrogens with two attached hydrogens (primary N) is 1. The molecular formula is C19H17NO3. The van der Waals surface area contributed by atoms with Gasteiger partial charge in [-0.25, -0.2) is 0 Å². The smallest absolute Gasteiger partial charge is 0.150 e. The number of rotatable bonds is 6. The van der Waals surface area contributed by atoms with Crippen LogP contribution < -0.4 is 15.2 Å². The average molecular weight is 307 g/mol. The lowest BCUT2D eigenvalue weighted by molar-refractivity contribution is 0.112. The van der Waals surface area contributed by atoms with Gasteiger partial charge in [0.2, 0.25) is 0 Å². The first kappa shape index (κ1) is 14.9. The highest BCUT2D eigenvalue weighted by atomic mass is 16.5. The van der Waals surface area contributed by atoms with E-state index in [1.807, 2.05) is 42.5 Å². The Morgan fingerprint density at radius 1 is 0.870 bits per heavy atom. The third kappa shape index (κ3) is 3.43. The van der Waals surface area contributed by atoms with Crippen LogP contribution in [-0.2, 0) is 0 Å². The SMILES string of the molecule is Nc1cc(C=O)ccc1OCCOc1cccc2ccccc12. The monoisotopic (exact) mass is 307 g/mol. The normalized spacial score (nSPS) is 10.4. The highest BCUT2D eigenvalue weighted by molar-refractivity contribution is 5.88. The molecule has 3 aromatic rings. The van der Waals surface area contributed by atoms with Crippen molar-refractivity contribution in [3.63, 3.8) is 0 Å². The summed E-state index contributed by atoms with van der Waals surface area (Å²) in [5.41, 5.74) is 6.81. The zero-order chi connectivity index (χ0) is 16.1. The Bertz CT molecular complexity index is 824. The number of fused-ring (bicyclic) bond motifs is 1. The van der Waals surface area contributed by atoms with Gasteiger partial charge in [-0.05, 0) is 29.7 Å². The van der Waals surface area contributed by atoms with Crippen molar-refractivity contribution in [2.45, 2.75) is 0 Å². The third-order valence-corrected chi connectivity index (χ3v) is 3.52. The van der Waals surface area contributed by atoms with Crippen molar-refractivity contribution in [1.29, 1.82) is 0 Å². The topological polar surface area (TPSA) is 61.6 Å². The molecule has 0 saturated carbocycles. The van der Waals surface area contributed by atoms with Crippen molar-refractivity contribution < 1.29 is 14.3 Å². The van der Waals surface area contributed by atoms with Crippen molar-refractivity contribution in [1.82, 2.24) is 0 Å². The molecule has 0 bridgehead atoms. The van der Waals surface area contributed by atoms with Crippen LogP contribution in [0.5, 0.6) is 11.5 Å². The van der Waals surface area contributed by atoms with Crippen LogP contribution in [-0.4, -0.2) is 19.5 Å². The van der Waals surface area contributed by atoms with E-state index in [-0.39, 0.29) is 0 Å². The van der Waals surface area contributed by atoms with Crippen LogP contribution >= 0.6 is 0 Å². The second kappa shape index (κ2) is 6.83. The number of aldehydes is 1. The summed E-state index contributed by atoms with van der Waals surface area (Å²) in [5, 5.41) is 2.21. The predicted molar refractivity (Wildman–Crippen MR) is 91.2 cm³/mol. The third-order valence-electron chi connectivity index (χ3n) is 3.52. The summed E-state index contributed by atoms with van der Waals surface area (Å²) in [6, 6.07) is 19.0. The number of benzene rings is 3. The van der Waals surface area contributed by atoms with E-state index in [0.717, 1.165) is 22.8 Å². The molecule has 0 aliphatic rings. The van der Waals surface area contributed by atoms with Crippen LogP contribution in [0, 0.1) is 0 Å². The fourth-order valence-corrected chi connectivity index (χ4v) is 2.40. The summed E-state index contributed by atoms with van der Waals surface area (Å²) in [5.74, 6) is 1.38. The van der Waals surface area contributed by atoms with E-state index in [2.05, 4.69) is 0 Å². The van der Waals surface area contributed by atoms with Gasteiger partial charge in [0.05, 0.1) is 5.69 Å². The summed E-state index contributed by atoms with van der Waals surface area (Å²) in [6.07, 6.45) is 0.754. The number of anilines is 1. The minimum absolute atomic E-state index is 0.369. The highest BCUT2D eigenvalue weighted by Gasteiger charge is 2.03. The molecule has 0 aromatic heterocycles. The first-order chi connectivity index (χ1) is 11.3. The Kier molecular flexibility index (Phi) is 4.43. The van der Waals surface area contributed by atoms with Crippen LogP contribution in [0.2, 0.25) is 0 Å². The summed E-state index contributed by atoms with van der Waals surface area (Å²) >= 11 is 0. The molecule has 116 valence electrons. The van der Waals surface area contributed by atoms with Crippen molar-refractivity contribution >= 4 is 22.7 Å². The van der Waals surface area contributed by atoms with E-state index in [1.54, 1.807) is 18.2 Å². The lowest BCUT2D eigenvalue weighted by Gasteiger charge is -2.11. The molecule has 0 aliphatic carbocycles. The minimum Gasteiger partial charge on any atom is -0.489 e. The van der Waals surface area contributed by atoms with Crippen LogP contribution in [0.25, 0.3) is 10.8 Å². The van der Waals surface area contributed by atoms with Gasteiger partial charge in [0, 0.05) is 10.9 Å². The molecule has 0 radical (unpaired) electrons. The summed E-state index contributed by atoms with van der Waals surface area (Å²) in [7, 11) is 0. The van der Waals surface area contributed by atoms with Gasteiger partial charge in [-0.15, -0.1) is 0 Å². The highest BCUT2D eigenvalue weighted by Crippen LogP contribution is 2.25. The van der Waals surface area contributed by atoms with Crippen LogP contribution in [0.4, 0.5) is 5.69 Å². The second-order valence-electron chi connectivity index (χ2n) is 5.09. The molecule has 0 aliphatic heterocycles. The molecule has 0 amide bonds. The number of hydrogen-bond acceptors (Lipinski definition) is 4. The number of ether oxygens (including phenoxy) is 2. The molecular weight excluding hydrogens is 290 g/mol. The Balaban J connectivity index is 1.60. The van der Waals surface area contributed by atoms with Gasteiger partial charge < -0.3 is 15.2 Å². The number of hydrogen-bond donors (Lipinski definition) is 1. The molecule has 4 heteroatoms. The van der Waals surface area contributed by atoms with Gasteiger partial charge in [0.15, 0.2) is 0 Å². The Labute approximate surface area is 134 Å². The van der Waals surface area contributed by atoms with Crippen molar-refractivity contribution in [3.05, 3.63) is 66.2 Å². The van der Waals surface area contributed by atoms with Gasteiger partial charge in [-0.3, -0.25) is 4.79 Å². The number of carbonyl (C=O) groups excluding carboxylic acids is 1. The maximum atomic E-state index is 10.7. The number of carbonyl (C=O) groups is 1. The molecule has 0 spiro atoms. The summed E-state index contributed by atoms with van der Waals surface area (Å²) in [6.45, 7) is 0.775. The zero-order valence-electron chi connectivity index (χ0n) is 12.6. The summed E-state index contributed by atoms with van der Waals surface area (Å²) in [4.78, 5) is 10.7. The molecule has 0 fully saturated rings. The van der Waals surface area contributed by atoms with Crippen LogP contribution in [0.15, 0.2) is 60.7 Å². The molecule has 23 heavy (non-hydrogen) atoms. The first-order valence-corrected chi connectivity index (χ1v) is 7.36. The van der Waals surface area contributed by atoms with Gasteiger partial charge in [-0.2, -0.15) is 0 Å². The van der Waals surface area contributed by atoms with Gasteiger partial charge in [0.25, 0.3) is 0 Å². The first-order valence-electron chi connectivity index (χ1n) is 7.36. The van der Waals surface area contributed by atoms with E-state index in [4.69, 9.17) is 15.2 Å². The Hall–Kier alpha value is -3.01. The second-order valence-corrected chi connectivity index (χ2v) is 5.09. The lowest BCUT2D eigenvalue weighted by atomic mass is 10.1. The van der Waals surface area contributed by atoms with Crippen molar-refractivity contribution in [2.75, 3.05) is 18.9 Å². The molecule has 0 saturated heterocycles. The minimum atomic E-state index is 0.369. The fourth-order valence-electron chi connectivity index (χ4n) is 2.40. The molecule has 0 unspecified atom stereocenters. The average Bonchev–Trinajstić information content (AvgIpc) is 2.59. The fraction of sp³-hybridized carbons (Fsp3) is 0.105. The molecule has 4 nitrogen and oxygen atoms in total. The zero-order valence-corrected chi connectivity index (χ0v) is 12.6. The van der Waals surface area contributed by atoms with E-state index in [1.165, 1.54) is 0 Å². The summed E-state index contributed by atoms with van der Waals surface area (Å²) < 4.78 is 11.4. The van der Waals surface area contributed by atoms with E-state index in [0.29, 0.717) is 30.2 Å². The maximum absolute atomic E-state index is 10.7. The lowest BCUT2D eigenvalue weighted by Crippen LogP contribution is -2.10. The van der Waals surface area contributed by atoms with E-state index < -0.39 is 0 Å². The largest absolute Gasteiger partial charge is 0.489 e. The van der Waals surface area contributed by atoms with Crippen LogP contribution in [0.3, 0.4) is 0 Å². The van der Waals surface area contributed by atoms with Crippen molar-refractivity contribution in [2.24, 2.45) is 0 Å². The molecule has 0 heterocycles. The van der Waals surface area contributed by atoms with Gasteiger partial charge in [-0.1, -0.05) is 36.4 Å². The quantitative estimate of drug-likeness (QED) is 0.428. The predicted octanol–water partition coefficient (Wildman–Crippen LogP) is 3.69. The standard InChI is InChI=1S/C19H17NO3/c20-17-12-14(13-21)8-9-19(17)23-11-10-22-18-7-3-5-15-4-1-2-6-16(15)18/h1-9,12-13H,10-11,20H2. The molecule has 0 atom stereocenters. The molecule has 3 aromatic carbocycles. The molecule has 3 rings (SSSR count). The van der Waals surface area contributed by atoms with Crippen LogP contribution in [0.1, 0.15) is 10.4 Å². The maximum Gasteiger partial charge on any atom is 0.150 e. The van der Waals surface area contributed by atoms with Crippen molar-refractivity contribution in [3.8, 4) is 11.5 Å². The van der Waals surface area contributed by atoms with Gasteiger partial charge >= 0.3 is 0 Å². The van der Waals surface area contributed by atoms with E-state index in [9.17, 15) is 4.79 Å². The Morgan fingerprint density at radius 3 is 2.39 bits per heavy atom. The number of nitrogen functional groups attached to an aromatic ring is 1. The molecule has 2 N–H and O–H groups in total.